The van der Waals surface area contributed by atoms with Crippen LogP contribution in [0.2, 0.25) is 0 Å². The van der Waals surface area contributed by atoms with Crippen molar-refractivity contribution in [2.75, 3.05) is 11.5 Å². The first-order valence-electron chi connectivity index (χ1n) is 11.8. The van der Waals surface area contributed by atoms with Crippen molar-refractivity contribution in [2.24, 2.45) is 5.73 Å². The summed E-state index contributed by atoms with van der Waals surface area (Å²) in [5.41, 5.74) is 13.4. The Morgan fingerprint density at radius 1 is 1.23 bits per heavy atom. The minimum atomic E-state index is -4.67. The number of aliphatic hydroxyl groups is 1. The van der Waals surface area contributed by atoms with Crippen LogP contribution in [-0.4, -0.2) is 82.1 Å². The number of rotatable bonds is 10. The van der Waals surface area contributed by atoms with Crippen molar-refractivity contribution in [3.63, 3.8) is 0 Å². The lowest BCUT2D eigenvalue weighted by Gasteiger charge is -2.24. The molecule has 0 bridgehead atoms. The second-order valence-electron chi connectivity index (χ2n) is 8.94. The number of hydrogen-bond acceptors (Lipinski definition) is 11. The molecule has 0 radical (unpaired) electrons. The van der Waals surface area contributed by atoms with Gasteiger partial charge in [0, 0.05) is 11.5 Å². The van der Waals surface area contributed by atoms with E-state index in [9.17, 15) is 29.0 Å². The van der Waals surface area contributed by atoms with E-state index in [1.165, 1.54) is 29.0 Å². The number of nitrogens with two attached hydrogens (primary N) is 2. The normalized spacial score (nSPS) is 22.9. The van der Waals surface area contributed by atoms with Gasteiger partial charge in [0.25, 0.3) is 5.91 Å². The predicted molar refractivity (Wildman–Crippen MR) is 142 cm³/mol. The molecule has 9 N–H and O–H groups in total. The molecule has 0 aliphatic carbocycles. The van der Waals surface area contributed by atoms with Crippen LogP contribution in [0.1, 0.15) is 18.7 Å². The van der Waals surface area contributed by atoms with E-state index in [4.69, 9.17) is 16.2 Å². The number of fused-ring (bicyclic) bond motifs is 1. The van der Waals surface area contributed by atoms with Gasteiger partial charge in [0.2, 0.25) is 5.91 Å². The van der Waals surface area contributed by atoms with E-state index < -0.39 is 55.7 Å². The molecule has 3 aromatic rings. The maximum atomic E-state index is 13.0. The lowest BCUT2D eigenvalue weighted by molar-refractivity contribution is -0.136. The fourth-order valence-electron chi connectivity index (χ4n) is 3.94. The zero-order chi connectivity index (χ0) is 28.3. The summed E-state index contributed by atoms with van der Waals surface area (Å²) in [4.78, 5) is 56.9. The number of hydrogen-bond donors (Lipinski definition) is 7. The minimum absolute atomic E-state index is 0.0832. The summed E-state index contributed by atoms with van der Waals surface area (Å²) in [6.07, 6.45) is -1.84. The molecule has 39 heavy (non-hydrogen) atoms. The zero-order valence-corrected chi connectivity index (χ0v) is 22.4. The number of carbonyl (C=O) groups excluding carboxylic acids is 2. The molecule has 17 heteroatoms. The van der Waals surface area contributed by atoms with E-state index in [0.717, 1.165) is 12.5 Å². The molecule has 3 heterocycles. The lowest BCUT2D eigenvalue weighted by atomic mass is 10.1. The Bertz CT molecular complexity index is 1370. The van der Waals surface area contributed by atoms with E-state index in [1.807, 2.05) is 30.3 Å². The van der Waals surface area contributed by atoms with Gasteiger partial charge in [0.15, 0.2) is 23.8 Å². The molecule has 2 amide bonds. The average Bonchev–Trinajstić information content (AvgIpc) is 3.46. The van der Waals surface area contributed by atoms with E-state index in [1.54, 1.807) is 0 Å². The van der Waals surface area contributed by atoms with Gasteiger partial charge in [-0.15, -0.1) is 0 Å². The summed E-state index contributed by atoms with van der Waals surface area (Å²) < 4.78 is 18.7. The van der Waals surface area contributed by atoms with Gasteiger partial charge in [0.1, 0.15) is 23.7 Å². The Morgan fingerprint density at radius 2 is 1.95 bits per heavy atom. The van der Waals surface area contributed by atoms with Gasteiger partial charge in [-0.2, -0.15) is 11.8 Å². The Kier molecular flexibility index (Phi) is 8.86. The van der Waals surface area contributed by atoms with Crippen molar-refractivity contribution in [2.45, 2.75) is 49.0 Å². The molecule has 0 saturated carbocycles. The number of thioether (sulfide) groups is 1. The summed E-state index contributed by atoms with van der Waals surface area (Å²) in [6.45, 7) is 1.12. The number of aliphatic hydroxyl groups excluding tert-OH is 1. The number of nitrogens with one attached hydrogen (secondary N) is 2. The van der Waals surface area contributed by atoms with Crippen molar-refractivity contribution >= 4 is 48.2 Å². The van der Waals surface area contributed by atoms with Crippen LogP contribution in [0.3, 0.4) is 0 Å². The summed E-state index contributed by atoms with van der Waals surface area (Å²) in [5.74, 6) is -2.18. The molecule has 1 aromatic carbocycles. The van der Waals surface area contributed by atoms with Crippen LogP contribution in [0.25, 0.3) is 11.2 Å². The highest BCUT2D eigenvalue weighted by Crippen LogP contribution is 2.40. The fourth-order valence-corrected chi connectivity index (χ4v) is 5.19. The molecule has 0 spiro atoms. The number of nitrogens with zero attached hydrogens (tertiary/aromatic N) is 4. The number of anilines is 1. The largest absolute Gasteiger partial charge is 0.386 e. The number of carbonyl (C=O) groups is 2. The molecule has 1 saturated heterocycles. The van der Waals surface area contributed by atoms with Crippen molar-refractivity contribution in [1.82, 2.24) is 30.2 Å². The van der Waals surface area contributed by atoms with Crippen molar-refractivity contribution in [3.05, 3.63) is 48.5 Å². The second-order valence-corrected chi connectivity index (χ2v) is 11.9. The van der Waals surface area contributed by atoms with E-state index in [-0.39, 0.29) is 22.7 Å². The molecular formula is C22H29N8O7PS. The first-order chi connectivity index (χ1) is 18.5. The van der Waals surface area contributed by atoms with Crippen LogP contribution >= 0.6 is 19.4 Å². The van der Waals surface area contributed by atoms with Crippen molar-refractivity contribution < 1.29 is 33.8 Å². The summed E-state index contributed by atoms with van der Waals surface area (Å²) in [5, 5.41) is 15.9. The molecule has 1 fully saturated rings. The molecule has 6 atom stereocenters. The standard InChI is InChI=1S/C22H29N8O7PS/c1-11(38(34,35)36)28-21(33)17-14(29-20(32)13(23)8-39-7-12-5-3-2-4-6-12)16(31)22(37-17)30-10-27-15-18(24)25-9-26-19(15)30/h2-6,9-11,13-14,16-17,22,31H,7-8,23H2,1H3,(H,28,33)(H,29,32)(H2,24,25,26)(H2,34,35,36)/t11?,13?,14-,16+,17-,22+/m0/s1. The smallest absolute Gasteiger partial charge is 0.347 e. The molecule has 210 valence electrons. The Hall–Kier alpha value is -3.11. The van der Waals surface area contributed by atoms with Gasteiger partial charge in [0.05, 0.1) is 18.4 Å². The number of ether oxygens (including phenoxy) is 1. The topological polar surface area (TPSA) is 241 Å². The van der Waals surface area contributed by atoms with Gasteiger partial charge in [-0.25, -0.2) is 15.0 Å². The monoisotopic (exact) mass is 580 g/mol. The minimum Gasteiger partial charge on any atom is -0.386 e. The molecule has 1 aliphatic heterocycles. The average molecular weight is 581 g/mol. The Labute approximate surface area is 226 Å². The van der Waals surface area contributed by atoms with Gasteiger partial charge >= 0.3 is 7.60 Å². The number of benzene rings is 1. The van der Waals surface area contributed by atoms with Crippen molar-refractivity contribution in [3.8, 4) is 0 Å². The first-order valence-corrected chi connectivity index (χ1v) is 14.6. The third-order valence-corrected chi connectivity index (χ3v) is 8.37. The summed E-state index contributed by atoms with van der Waals surface area (Å²) >= 11 is 1.44. The number of amides is 2. The molecule has 2 unspecified atom stereocenters. The molecule has 1 aliphatic rings. The van der Waals surface area contributed by atoms with E-state index in [2.05, 4.69) is 25.6 Å². The van der Waals surface area contributed by atoms with Gasteiger partial charge in [-0.1, -0.05) is 30.3 Å². The lowest BCUT2D eigenvalue weighted by Crippen LogP contribution is -2.56. The van der Waals surface area contributed by atoms with Crippen LogP contribution in [0.15, 0.2) is 43.0 Å². The van der Waals surface area contributed by atoms with E-state index in [0.29, 0.717) is 5.75 Å². The third kappa shape index (κ3) is 6.55. The molecular weight excluding hydrogens is 551 g/mol. The van der Waals surface area contributed by atoms with Crippen LogP contribution in [0.4, 0.5) is 5.82 Å². The predicted octanol–water partition coefficient (Wildman–Crippen LogP) is -0.948. The second kappa shape index (κ2) is 12.0. The highest BCUT2D eigenvalue weighted by Gasteiger charge is 2.50. The highest BCUT2D eigenvalue weighted by molar-refractivity contribution is 7.98. The summed E-state index contributed by atoms with van der Waals surface area (Å²) in [7, 11) is -4.67. The van der Waals surface area contributed by atoms with Crippen molar-refractivity contribution in [1.29, 1.82) is 0 Å². The molecule has 15 nitrogen and oxygen atoms in total. The van der Waals surface area contributed by atoms with Crippen LogP contribution in [0.5, 0.6) is 0 Å². The van der Waals surface area contributed by atoms with Gasteiger partial charge in [-0.3, -0.25) is 18.7 Å². The number of nitrogen functional groups attached to an aromatic ring is 1. The number of imidazole rings is 1. The fraction of sp³-hybridized carbons (Fsp3) is 0.409. The zero-order valence-electron chi connectivity index (χ0n) is 20.7. The Morgan fingerprint density at radius 3 is 2.64 bits per heavy atom. The molecule has 4 rings (SSSR count). The summed E-state index contributed by atoms with van der Waals surface area (Å²) in [6, 6.07) is 7.30. The third-order valence-electron chi connectivity index (χ3n) is 6.10. The molecule has 2 aromatic heterocycles. The number of aromatic nitrogens is 4. The van der Waals surface area contributed by atoms with Crippen LogP contribution < -0.4 is 22.1 Å². The van der Waals surface area contributed by atoms with Crippen LogP contribution in [0, 0.1) is 0 Å². The van der Waals surface area contributed by atoms with E-state index >= 15 is 0 Å². The Balaban J connectivity index is 1.52. The first kappa shape index (κ1) is 28.9. The quantitative estimate of drug-likeness (QED) is 0.143. The maximum absolute atomic E-state index is 13.0. The highest BCUT2D eigenvalue weighted by atomic mass is 32.2. The van der Waals surface area contributed by atoms with Crippen LogP contribution in [-0.2, 0) is 24.6 Å². The SMILES string of the molecule is CC(NC(=O)[C@H]1O[C@@H](n2cnc3c(N)ncnc32)[C@H](O)[C@@H]1NC(=O)C(N)CSCc1ccccc1)P(=O)(O)O. The van der Waals surface area contributed by atoms with Gasteiger partial charge < -0.3 is 41.7 Å². The van der Waals surface area contributed by atoms with Gasteiger partial charge in [-0.05, 0) is 12.5 Å². The maximum Gasteiger partial charge on any atom is 0.347 e.